The molecule has 2 heterocycles. The Labute approximate surface area is 238 Å². The Morgan fingerprint density at radius 3 is 2.20 bits per heavy atom. The second-order valence-corrected chi connectivity index (χ2v) is 16.4. The standard InChI is InChI=1S/C31H41FN4O3Si/c1-31(2,3)40(4,5)39-28(22-32)23-38-27-15-9-24(10-16-27)30(37)34-25-11-13-26(14-12-25)35-18-20-36(21-19-35)29-8-6-7-17-33-29/h6-17,28H,18-23H2,1-5H3,(H,34,37)/t28-/m0/s1. The van der Waals surface area contributed by atoms with Crippen LogP contribution in [0.5, 0.6) is 5.75 Å². The van der Waals surface area contributed by atoms with Crippen molar-refractivity contribution in [1.82, 2.24) is 4.98 Å². The zero-order chi connectivity index (χ0) is 28.8. The maximum absolute atomic E-state index is 13.6. The summed E-state index contributed by atoms with van der Waals surface area (Å²) in [6.45, 7) is 13.7. The first kappa shape index (κ1) is 29.5. The number of aromatic nitrogens is 1. The van der Waals surface area contributed by atoms with Gasteiger partial charge in [0.2, 0.25) is 0 Å². The summed E-state index contributed by atoms with van der Waals surface area (Å²) in [5.41, 5.74) is 2.38. The van der Waals surface area contributed by atoms with E-state index in [4.69, 9.17) is 9.16 Å². The lowest BCUT2D eigenvalue weighted by molar-refractivity contribution is 0.0919. The molecule has 3 aromatic rings. The van der Waals surface area contributed by atoms with Gasteiger partial charge < -0.3 is 24.3 Å². The Hall–Kier alpha value is -3.43. The molecule has 1 atom stereocenters. The number of anilines is 3. The molecule has 1 fully saturated rings. The van der Waals surface area contributed by atoms with E-state index in [1.54, 1.807) is 24.3 Å². The third kappa shape index (κ3) is 7.60. The number of hydrogen-bond acceptors (Lipinski definition) is 6. The van der Waals surface area contributed by atoms with Crippen molar-refractivity contribution in [3.63, 3.8) is 0 Å². The van der Waals surface area contributed by atoms with Crippen LogP contribution in [-0.4, -0.2) is 64.8 Å². The fourth-order valence-electron chi connectivity index (χ4n) is 4.29. The molecule has 214 valence electrons. The van der Waals surface area contributed by atoms with Gasteiger partial charge in [-0.05, 0) is 78.8 Å². The van der Waals surface area contributed by atoms with Crippen LogP contribution < -0.4 is 19.9 Å². The van der Waals surface area contributed by atoms with Crippen molar-refractivity contribution in [2.45, 2.75) is 45.0 Å². The molecule has 7 nitrogen and oxygen atoms in total. The van der Waals surface area contributed by atoms with Crippen LogP contribution in [0.2, 0.25) is 18.1 Å². The number of piperazine rings is 1. The average molecular weight is 565 g/mol. The summed E-state index contributed by atoms with van der Waals surface area (Å²) in [6, 6.07) is 20.8. The highest BCUT2D eigenvalue weighted by Crippen LogP contribution is 2.37. The molecule has 1 saturated heterocycles. The molecule has 1 aromatic heterocycles. The molecule has 1 amide bonds. The third-order valence-electron chi connectivity index (χ3n) is 7.74. The molecular formula is C31H41FN4O3Si. The second kappa shape index (κ2) is 12.8. The van der Waals surface area contributed by atoms with Gasteiger partial charge in [0.05, 0.1) is 0 Å². The molecule has 4 rings (SSSR count). The van der Waals surface area contributed by atoms with Gasteiger partial charge in [-0.2, -0.15) is 0 Å². The molecular weight excluding hydrogens is 523 g/mol. The fourth-order valence-corrected chi connectivity index (χ4v) is 5.61. The van der Waals surface area contributed by atoms with Gasteiger partial charge in [0.15, 0.2) is 8.32 Å². The Bertz CT molecular complexity index is 1230. The number of benzene rings is 2. The number of carbonyl (C=O) groups excluding carboxylic acids is 1. The van der Waals surface area contributed by atoms with E-state index < -0.39 is 21.1 Å². The highest BCUT2D eigenvalue weighted by Gasteiger charge is 2.39. The summed E-state index contributed by atoms with van der Waals surface area (Å²) in [4.78, 5) is 21.9. The average Bonchev–Trinajstić information content (AvgIpc) is 2.96. The van der Waals surface area contributed by atoms with E-state index in [0.717, 1.165) is 43.4 Å². The summed E-state index contributed by atoms with van der Waals surface area (Å²) < 4.78 is 25.6. The molecule has 1 N–H and O–H groups in total. The summed E-state index contributed by atoms with van der Waals surface area (Å²) in [5.74, 6) is 1.38. The second-order valence-electron chi connectivity index (χ2n) is 11.7. The van der Waals surface area contributed by atoms with Crippen LogP contribution in [0.25, 0.3) is 0 Å². The first-order chi connectivity index (χ1) is 19.1. The van der Waals surface area contributed by atoms with E-state index in [2.05, 4.69) is 54.0 Å². The normalized spacial score (nSPS) is 15.1. The van der Waals surface area contributed by atoms with Crippen LogP contribution in [0.15, 0.2) is 72.9 Å². The number of ether oxygens (including phenoxy) is 1. The molecule has 9 heteroatoms. The minimum absolute atomic E-state index is 0.00823. The maximum Gasteiger partial charge on any atom is 0.255 e. The highest BCUT2D eigenvalue weighted by molar-refractivity contribution is 6.74. The molecule has 0 aliphatic carbocycles. The number of nitrogens with one attached hydrogen (secondary N) is 1. The number of alkyl halides is 1. The molecule has 1 aliphatic heterocycles. The van der Waals surface area contributed by atoms with Crippen LogP contribution in [0.4, 0.5) is 21.6 Å². The first-order valence-electron chi connectivity index (χ1n) is 13.8. The molecule has 2 aromatic carbocycles. The van der Waals surface area contributed by atoms with Gasteiger partial charge in [0.25, 0.3) is 5.91 Å². The van der Waals surface area contributed by atoms with E-state index in [9.17, 15) is 9.18 Å². The smallest absolute Gasteiger partial charge is 0.255 e. The molecule has 0 saturated carbocycles. The summed E-state index contributed by atoms with van der Waals surface area (Å²) in [7, 11) is -2.10. The predicted molar refractivity (Wildman–Crippen MR) is 163 cm³/mol. The van der Waals surface area contributed by atoms with Gasteiger partial charge in [-0.3, -0.25) is 4.79 Å². The Morgan fingerprint density at radius 2 is 1.62 bits per heavy atom. The van der Waals surface area contributed by atoms with Crippen molar-refractivity contribution < 1.29 is 18.3 Å². The lowest BCUT2D eigenvalue weighted by atomic mass is 10.2. The summed E-state index contributed by atoms with van der Waals surface area (Å²) in [5, 5.41) is 2.95. The monoisotopic (exact) mass is 564 g/mol. The van der Waals surface area contributed by atoms with Crippen molar-refractivity contribution in [1.29, 1.82) is 0 Å². The van der Waals surface area contributed by atoms with E-state index in [0.29, 0.717) is 11.3 Å². The Kier molecular flexibility index (Phi) is 9.47. The van der Waals surface area contributed by atoms with Crippen molar-refractivity contribution >= 4 is 31.4 Å². The van der Waals surface area contributed by atoms with Crippen LogP contribution in [-0.2, 0) is 4.43 Å². The number of pyridine rings is 1. The minimum atomic E-state index is -2.10. The van der Waals surface area contributed by atoms with Crippen molar-refractivity contribution in [2.75, 3.05) is 54.6 Å². The van der Waals surface area contributed by atoms with Crippen molar-refractivity contribution in [3.8, 4) is 5.75 Å². The van der Waals surface area contributed by atoms with E-state index >= 15 is 0 Å². The van der Waals surface area contributed by atoms with E-state index in [1.165, 1.54) is 0 Å². The van der Waals surface area contributed by atoms with E-state index in [1.807, 2.05) is 48.7 Å². The molecule has 0 unspecified atom stereocenters. The van der Waals surface area contributed by atoms with Crippen LogP contribution in [0.1, 0.15) is 31.1 Å². The van der Waals surface area contributed by atoms with Gasteiger partial charge in [-0.1, -0.05) is 26.8 Å². The topological polar surface area (TPSA) is 66.9 Å². The van der Waals surface area contributed by atoms with Crippen LogP contribution >= 0.6 is 0 Å². The third-order valence-corrected chi connectivity index (χ3v) is 12.3. The lowest BCUT2D eigenvalue weighted by Crippen LogP contribution is -2.46. The zero-order valence-corrected chi connectivity index (χ0v) is 25.2. The number of amides is 1. The lowest BCUT2D eigenvalue weighted by Gasteiger charge is -2.38. The molecule has 0 spiro atoms. The quantitative estimate of drug-likeness (QED) is 0.288. The molecule has 40 heavy (non-hydrogen) atoms. The van der Waals surface area contributed by atoms with Crippen molar-refractivity contribution in [2.24, 2.45) is 0 Å². The maximum atomic E-state index is 13.6. The van der Waals surface area contributed by atoms with Crippen LogP contribution in [0.3, 0.4) is 0 Å². The predicted octanol–water partition coefficient (Wildman–Crippen LogP) is 6.40. The first-order valence-corrected chi connectivity index (χ1v) is 16.8. The molecule has 1 aliphatic rings. The largest absolute Gasteiger partial charge is 0.491 e. The number of nitrogens with zero attached hydrogens (tertiary/aromatic N) is 3. The van der Waals surface area contributed by atoms with Gasteiger partial charge in [0, 0.05) is 49.3 Å². The summed E-state index contributed by atoms with van der Waals surface area (Å²) >= 11 is 0. The minimum Gasteiger partial charge on any atom is -0.491 e. The van der Waals surface area contributed by atoms with Crippen molar-refractivity contribution in [3.05, 3.63) is 78.5 Å². The molecule has 0 radical (unpaired) electrons. The highest BCUT2D eigenvalue weighted by atomic mass is 28.4. The van der Waals surface area contributed by atoms with Gasteiger partial charge in [-0.15, -0.1) is 0 Å². The fraction of sp³-hybridized carbons (Fsp3) is 0.419. The van der Waals surface area contributed by atoms with E-state index in [-0.39, 0.29) is 17.6 Å². The Morgan fingerprint density at radius 1 is 0.975 bits per heavy atom. The zero-order valence-electron chi connectivity index (χ0n) is 24.2. The number of hydrogen-bond donors (Lipinski definition) is 1. The number of carbonyl (C=O) groups is 1. The summed E-state index contributed by atoms with van der Waals surface area (Å²) in [6.07, 6.45) is 1.21. The Balaban J connectivity index is 1.25. The van der Waals surface area contributed by atoms with Crippen LogP contribution in [0, 0.1) is 0 Å². The molecule has 0 bridgehead atoms. The number of rotatable bonds is 10. The van der Waals surface area contributed by atoms with Gasteiger partial charge in [-0.25, -0.2) is 9.37 Å². The van der Waals surface area contributed by atoms with Gasteiger partial charge in [0.1, 0.15) is 31.0 Å². The number of halogens is 1. The van der Waals surface area contributed by atoms with Gasteiger partial charge >= 0.3 is 0 Å². The SMILES string of the molecule is CC(C)(C)[Si](C)(C)O[C@@H](CF)COc1ccc(C(=O)Nc2ccc(N3CCN(c4ccccn4)CC3)cc2)cc1.